The van der Waals surface area contributed by atoms with Crippen LogP contribution in [0.3, 0.4) is 0 Å². The molecule has 10 heteroatoms. The summed E-state index contributed by atoms with van der Waals surface area (Å²) in [6, 6.07) is 17.1. The molecule has 0 bridgehead atoms. The molecule has 10 nitrogen and oxygen atoms in total. The normalized spacial score (nSPS) is 12.5. The molecule has 4 aromatic rings. The Bertz CT molecular complexity index is 1910. The minimum absolute atomic E-state index is 0.0753. The van der Waals surface area contributed by atoms with Gasteiger partial charge >= 0.3 is 0 Å². The summed E-state index contributed by atoms with van der Waals surface area (Å²) in [5.74, 6) is -0.0183. The van der Waals surface area contributed by atoms with E-state index in [4.69, 9.17) is 0 Å². The quantitative estimate of drug-likeness (QED) is 0.0551. The second-order valence-corrected chi connectivity index (χ2v) is 19.7. The summed E-state index contributed by atoms with van der Waals surface area (Å²) in [6.07, 6.45) is 1.32. The highest BCUT2D eigenvalue weighted by Gasteiger charge is 2.28. The number of nitrogens with one attached hydrogen (secondary N) is 2. The van der Waals surface area contributed by atoms with Gasteiger partial charge in [0.25, 0.3) is 0 Å². The van der Waals surface area contributed by atoms with Crippen molar-refractivity contribution in [2.75, 3.05) is 10.6 Å². The maximum Gasteiger partial charge on any atom is 0.224 e. The molecule has 4 rings (SSSR count). The number of amides is 2. The molecular formula is C48H65N3O7. The largest absolute Gasteiger partial charge is 0.508 e. The van der Waals surface area contributed by atoms with Crippen LogP contribution in [0.4, 0.5) is 11.4 Å². The lowest BCUT2D eigenvalue weighted by Gasteiger charge is -2.28. The Morgan fingerprint density at radius 2 is 0.793 bits per heavy atom. The SMILES string of the molecule is CC(C)(C)c1cc(CCC(=O)Nc2ccc(O)c(CN(O)Cc3cc(NC(=O)CCc4cc(C(C)(C)C)c(O)c(C(C)(C)C)c4)ccc3O)c2)cc(C(C)(C)C)c1O. The molecule has 4 aromatic carbocycles. The predicted octanol–water partition coefficient (Wildman–Crippen LogP) is 10.2. The molecule has 0 heterocycles. The van der Waals surface area contributed by atoms with Crippen LogP contribution in [0.5, 0.6) is 23.0 Å². The number of hydrogen-bond acceptors (Lipinski definition) is 8. The maximum atomic E-state index is 13.1. The lowest BCUT2D eigenvalue weighted by molar-refractivity contribution is -0.117. The molecule has 0 atom stereocenters. The second-order valence-electron chi connectivity index (χ2n) is 19.7. The molecule has 0 aromatic heterocycles. The Morgan fingerprint density at radius 1 is 0.500 bits per heavy atom. The molecule has 314 valence electrons. The van der Waals surface area contributed by atoms with Gasteiger partial charge in [-0.05, 0) is 104 Å². The number of rotatable bonds is 12. The molecule has 0 fully saturated rings. The number of phenolic OH excluding ortho intramolecular Hbond substituents is 4. The van der Waals surface area contributed by atoms with Crippen LogP contribution in [0.1, 0.15) is 140 Å². The van der Waals surface area contributed by atoms with Crippen LogP contribution in [-0.2, 0) is 57.2 Å². The summed E-state index contributed by atoms with van der Waals surface area (Å²) < 4.78 is 0. The Balaban J connectivity index is 1.38. The zero-order valence-corrected chi connectivity index (χ0v) is 36.5. The van der Waals surface area contributed by atoms with Gasteiger partial charge in [0.1, 0.15) is 23.0 Å². The first-order chi connectivity index (χ1) is 26.6. The van der Waals surface area contributed by atoms with Crippen molar-refractivity contribution in [1.29, 1.82) is 0 Å². The number of aromatic hydroxyl groups is 4. The first-order valence-electron chi connectivity index (χ1n) is 20.0. The number of phenols is 4. The molecule has 0 spiro atoms. The van der Waals surface area contributed by atoms with Crippen molar-refractivity contribution in [2.24, 2.45) is 0 Å². The molecule has 58 heavy (non-hydrogen) atoms. The first kappa shape index (κ1) is 45.6. The molecule has 0 unspecified atom stereocenters. The summed E-state index contributed by atoms with van der Waals surface area (Å²) >= 11 is 0. The van der Waals surface area contributed by atoms with Crippen LogP contribution in [-0.4, -0.2) is 42.5 Å². The van der Waals surface area contributed by atoms with E-state index in [9.17, 15) is 35.2 Å². The zero-order chi connectivity index (χ0) is 43.5. The van der Waals surface area contributed by atoms with Crippen LogP contribution < -0.4 is 10.6 Å². The number of anilines is 2. The minimum atomic E-state index is -0.284. The van der Waals surface area contributed by atoms with E-state index in [2.05, 4.69) is 10.6 Å². The summed E-state index contributed by atoms with van der Waals surface area (Å²) in [6.45, 7) is 24.3. The van der Waals surface area contributed by atoms with Crippen molar-refractivity contribution in [2.45, 2.75) is 144 Å². The number of carbonyl (C=O) groups excluding carboxylic acids is 2. The molecule has 0 saturated carbocycles. The van der Waals surface area contributed by atoms with E-state index in [1.54, 1.807) is 24.3 Å². The highest BCUT2D eigenvalue weighted by atomic mass is 16.5. The van der Waals surface area contributed by atoms with Crippen molar-refractivity contribution in [3.05, 3.63) is 105 Å². The number of nitrogens with zero attached hydrogens (tertiary/aromatic N) is 1. The average Bonchev–Trinajstić information content (AvgIpc) is 3.08. The fourth-order valence-electron chi connectivity index (χ4n) is 6.96. The summed E-state index contributed by atoms with van der Waals surface area (Å²) in [4.78, 5) is 26.2. The maximum absolute atomic E-state index is 13.1. The third-order valence-electron chi connectivity index (χ3n) is 10.3. The second kappa shape index (κ2) is 17.4. The smallest absolute Gasteiger partial charge is 0.224 e. The molecule has 7 N–H and O–H groups in total. The van der Waals surface area contributed by atoms with Crippen LogP contribution >= 0.6 is 0 Å². The molecule has 0 aliphatic heterocycles. The Hall–Kier alpha value is -5.06. The third kappa shape index (κ3) is 12.0. The van der Waals surface area contributed by atoms with E-state index >= 15 is 0 Å². The summed E-state index contributed by atoms with van der Waals surface area (Å²) in [7, 11) is 0. The highest BCUT2D eigenvalue weighted by molar-refractivity contribution is 5.91. The number of hydrogen-bond donors (Lipinski definition) is 7. The van der Waals surface area contributed by atoms with E-state index < -0.39 is 0 Å². The van der Waals surface area contributed by atoms with Gasteiger partial charge in [-0.25, -0.2) is 0 Å². The van der Waals surface area contributed by atoms with Crippen molar-refractivity contribution >= 4 is 23.2 Å². The Kier molecular flexibility index (Phi) is 13.7. The van der Waals surface area contributed by atoms with E-state index in [1.807, 2.05) is 107 Å². The number of aryl methyl sites for hydroxylation is 2. The Morgan fingerprint density at radius 3 is 1.07 bits per heavy atom. The van der Waals surface area contributed by atoms with Gasteiger partial charge in [0.05, 0.1) is 13.1 Å². The van der Waals surface area contributed by atoms with Gasteiger partial charge in [-0.1, -0.05) is 107 Å². The highest BCUT2D eigenvalue weighted by Crippen LogP contribution is 2.41. The average molecular weight is 796 g/mol. The van der Waals surface area contributed by atoms with E-state index in [-0.39, 0.29) is 70.9 Å². The monoisotopic (exact) mass is 795 g/mol. The summed E-state index contributed by atoms with van der Waals surface area (Å²) in [5, 5.41) is 61.0. The molecule has 0 aliphatic rings. The van der Waals surface area contributed by atoms with Crippen molar-refractivity contribution < 1.29 is 35.2 Å². The van der Waals surface area contributed by atoms with E-state index in [0.717, 1.165) is 38.4 Å². The molecule has 0 aliphatic carbocycles. The molecule has 2 amide bonds. The topological polar surface area (TPSA) is 163 Å². The lowest BCUT2D eigenvalue weighted by atomic mass is 9.78. The van der Waals surface area contributed by atoms with Gasteiger partial charge in [-0.2, -0.15) is 5.06 Å². The van der Waals surface area contributed by atoms with Crippen molar-refractivity contribution in [1.82, 2.24) is 5.06 Å². The zero-order valence-electron chi connectivity index (χ0n) is 36.5. The number of benzene rings is 4. The third-order valence-corrected chi connectivity index (χ3v) is 10.3. The lowest BCUT2D eigenvalue weighted by Crippen LogP contribution is -2.19. The van der Waals surface area contributed by atoms with Gasteiger partial charge in [0.2, 0.25) is 11.8 Å². The van der Waals surface area contributed by atoms with Gasteiger partial charge in [0, 0.05) is 35.3 Å². The standard InChI is InChI=1S/C48H65N3O7/c1-45(2,3)35-21-29(22-36(43(35)56)46(4,5)6)13-19-41(54)49-33-15-17-39(52)31(25-33)27-51(58)28-32-26-34(16-18-40(32)53)50-42(55)20-14-30-23-37(47(7,8)9)44(57)38(24-30)48(10,11)12/h15-18,21-26,52-53,56-58H,13-14,19-20,27-28H2,1-12H3,(H,49,54)(H,50,55). The van der Waals surface area contributed by atoms with Gasteiger partial charge in [0.15, 0.2) is 0 Å². The first-order valence-corrected chi connectivity index (χ1v) is 20.0. The number of carbonyl (C=O) groups is 2. The van der Waals surface area contributed by atoms with Crippen LogP contribution in [0.25, 0.3) is 0 Å². The fourth-order valence-corrected chi connectivity index (χ4v) is 6.96. The molecule has 0 radical (unpaired) electrons. The van der Waals surface area contributed by atoms with Gasteiger partial charge in [-0.3, -0.25) is 9.59 Å². The van der Waals surface area contributed by atoms with Crippen LogP contribution in [0.2, 0.25) is 0 Å². The molecule has 0 saturated heterocycles. The fraction of sp³-hybridized carbons (Fsp3) is 0.458. The predicted molar refractivity (Wildman–Crippen MR) is 232 cm³/mol. The summed E-state index contributed by atoms with van der Waals surface area (Å²) in [5.41, 5.74) is 5.72. The van der Waals surface area contributed by atoms with Crippen molar-refractivity contribution in [3.63, 3.8) is 0 Å². The Labute approximate surface area is 344 Å². The van der Waals surface area contributed by atoms with Crippen LogP contribution in [0.15, 0.2) is 60.7 Å². The minimum Gasteiger partial charge on any atom is -0.508 e. The number of hydroxylamine groups is 2. The van der Waals surface area contributed by atoms with Gasteiger partial charge in [-0.15, -0.1) is 0 Å². The molecular weight excluding hydrogens is 731 g/mol. The van der Waals surface area contributed by atoms with Crippen molar-refractivity contribution in [3.8, 4) is 23.0 Å². The van der Waals surface area contributed by atoms with E-state index in [1.165, 1.54) is 12.1 Å². The van der Waals surface area contributed by atoms with Crippen LogP contribution in [0, 0.1) is 0 Å². The van der Waals surface area contributed by atoms with Gasteiger partial charge < -0.3 is 36.3 Å². The van der Waals surface area contributed by atoms with E-state index in [0.29, 0.717) is 46.8 Å².